The first-order valence-electron chi connectivity index (χ1n) is 6.77. The summed E-state index contributed by atoms with van der Waals surface area (Å²) in [4.78, 5) is 2.20. The van der Waals surface area contributed by atoms with Crippen molar-refractivity contribution in [3.63, 3.8) is 0 Å². The van der Waals surface area contributed by atoms with E-state index in [1.54, 1.807) is 26.2 Å². The Bertz CT molecular complexity index is 393. The van der Waals surface area contributed by atoms with Gasteiger partial charge < -0.3 is 19.8 Å². The average molecular weight is 267 g/mol. The number of hydrogen-bond acceptors (Lipinski definition) is 4. The number of rotatable bonds is 7. The van der Waals surface area contributed by atoms with Gasteiger partial charge in [-0.15, -0.1) is 0 Å². The minimum Gasteiger partial charge on any atom is -0.507 e. The van der Waals surface area contributed by atoms with Gasteiger partial charge in [-0.1, -0.05) is 13.0 Å². The van der Waals surface area contributed by atoms with Gasteiger partial charge >= 0.3 is 0 Å². The van der Waals surface area contributed by atoms with Crippen LogP contribution in [-0.2, 0) is 4.74 Å². The maximum atomic E-state index is 9.97. The van der Waals surface area contributed by atoms with E-state index in [9.17, 15) is 10.2 Å². The van der Waals surface area contributed by atoms with Crippen molar-refractivity contribution in [2.45, 2.75) is 39.3 Å². The molecule has 108 valence electrons. The van der Waals surface area contributed by atoms with Crippen LogP contribution >= 0.6 is 0 Å². The topological polar surface area (TPSA) is 52.9 Å². The van der Waals surface area contributed by atoms with Crippen molar-refractivity contribution in [2.75, 3.05) is 25.2 Å². The number of methoxy groups -OCH3 is 1. The van der Waals surface area contributed by atoms with Crippen LogP contribution in [0.15, 0.2) is 18.2 Å². The summed E-state index contributed by atoms with van der Waals surface area (Å²) in [5, 5.41) is 19.5. The molecular weight excluding hydrogens is 242 g/mol. The van der Waals surface area contributed by atoms with E-state index in [4.69, 9.17) is 4.74 Å². The normalized spacial score (nSPS) is 14.2. The van der Waals surface area contributed by atoms with Crippen LogP contribution in [0, 0.1) is 0 Å². The Kier molecular flexibility index (Phi) is 6.12. The Labute approximate surface area is 115 Å². The minimum atomic E-state index is -0.662. The molecule has 0 bridgehead atoms. The molecule has 0 amide bonds. The molecule has 4 nitrogen and oxygen atoms in total. The number of nitrogens with zero attached hydrogens (tertiary/aromatic N) is 1. The van der Waals surface area contributed by atoms with Crippen molar-refractivity contribution in [2.24, 2.45) is 0 Å². The predicted molar refractivity (Wildman–Crippen MR) is 77.7 cm³/mol. The van der Waals surface area contributed by atoms with E-state index >= 15 is 0 Å². The highest BCUT2D eigenvalue weighted by Crippen LogP contribution is 2.30. The van der Waals surface area contributed by atoms with Crippen molar-refractivity contribution in [3.05, 3.63) is 23.8 Å². The lowest BCUT2D eigenvalue weighted by Gasteiger charge is -2.31. The average Bonchev–Trinajstić information content (AvgIpc) is 2.38. The van der Waals surface area contributed by atoms with Crippen LogP contribution in [0.2, 0.25) is 0 Å². The molecule has 0 spiro atoms. The number of aromatic hydroxyl groups is 1. The molecule has 4 heteroatoms. The third-order valence-corrected chi connectivity index (χ3v) is 3.45. The molecule has 2 unspecified atom stereocenters. The van der Waals surface area contributed by atoms with E-state index < -0.39 is 6.10 Å². The second-order valence-corrected chi connectivity index (χ2v) is 4.86. The zero-order chi connectivity index (χ0) is 14.4. The van der Waals surface area contributed by atoms with E-state index in [1.165, 1.54) is 0 Å². The third kappa shape index (κ3) is 4.11. The molecule has 1 rings (SSSR count). The third-order valence-electron chi connectivity index (χ3n) is 3.45. The van der Waals surface area contributed by atoms with Gasteiger partial charge in [0.15, 0.2) is 0 Å². The fourth-order valence-corrected chi connectivity index (χ4v) is 2.08. The summed E-state index contributed by atoms with van der Waals surface area (Å²) in [6.45, 7) is 7.35. The SMILES string of the molecule is CCC(C)N(CCOC)c1ccc(C(C)O)c(O)c1. The summed E-state index contributed by atoms with van der Waals surface area (Å²) < 4.78 is 5.14. The fraction of sp³-hybridized carbons (Fsp3) is 0.600. The Morgan fingerprint density at radius 2 is 2.00 bits per heavy atom. The summed E-state index contributed by atoms with van der Waals surface area (Å²) >= 11 is 0. The highest BCUT2D eigenvalue weighted by molar-refractivity contribution is 5.54. The highest BCUT2D eigenvalue weighted by Gasteiger charge is 2.15. The second kappa shape index (κ2) is 7.36. The van der Waals surface area contributed by atoms with Crippen LogP contribution in [0.4, 0.5) is 5.69 Å². The summed E-state index contributed by atoms with van der Waals surface area (Å²) in [5.74, 6) is 0.137. The number of aliphatic hydroxyl groups is 1. The van der Waals surface area contributed by atoms with E-state index in [-0.39, 0.29) is 5.75 Å². The monoisotopic (exact) mass is 267 g/mol. The Morgan fingerprint density at radius 3 is 2.47 bits per heavy atom. The first kappa shape index (κ1) is 15.8. The van der Waals surface area contributed by atoms with Gasteiger partial charge in [0, 0.05) is 37.0 Å². The number of phenolic OH excluding ortho intramolecular Hbond substituents is 1. The number of phenols is 1. The van der Waals surface area contributed by atoms with E-state index in [0.29, 0.717) is 18.2 Å². The van der Waals surface area contributed by atoms with Crippen molar-refractivity contribution in [3.8, 4) is 5.75 Å². The lowest BCUT2D eigenvalue weighted by atomic mass is 10.1. The molecule has 1 aromatic rings. The molecule has 19 heavy (non-hydrogen) atoms. The number of aliphatic hydroxyl groups excluding tert-OH is 1. The molecule has 0 fully saturated rings. The van der Waals surface area contributed by atoms with Crippen molar-refractivity contribution < 1.29 is 14.9 Å². The fourth-order valence-electron chi connectivity index (χ4n) is 2.08. The largest absolute Gasteiger partial charge is 0.507 e. The molecule has 0 aliphatic rings. The number of ether oxygens (including phenoxy) is 1. The van der Waals surface area contributed by atoms with Crippen molar-refractivity contribution in [1.29, 1.82) is 0 Å². The van der Waals surface area contributed by atoms with Gasteiger partial charge in [-0.05, 0) is 26.3 Å². The van der Waals surface area contributed by atoms with Gasteiger partial charge in [0.1, 0.15) is 5.75 Å². The van der Waals surface area contributed by atoms with Crippen molar-refractivity contribution in [1.82, 2.24) is 0 Å². The lowest BCUT2D eigenvalue weighted by Crippen LogP contribution is -2.35. The summed E-state index contributed by atoms with van der Waals surface area (Å²) in [6.07, 6.45) is 0.355. The summed E-state index contributed by atoms with van der Waals surface area (Å²) in [5.41, 5.74) is 1.51. The minimum absolute atomic E-state index is 0.137. The van der Waals surface area contributed by atoms with Crippen LogP contribution in [0.3, 0.4) is 0 Å². The smallest absolute Gasteiger partial charge is 0.123 e. The molecule has 0 saturated heterocycles. The van der Waals surface area contributed by atoms with E-state index in [1.807, 2.05) is 6.07 Å². The molecule has 0 aliphatic carbocycles. The predicted octanol–water partition coefficient (Wildman–Crippen LogP) is 2.70. The van der Waals surface area contributed by atoms with E-state index in [2.05, 4.69) is 18.7 Å². The van der Waals surface area contributed by atoms with Gasteiger partial charge in [-0.2, -0.15) is 0 Å². The van der Waals surface area contributed by atoms with Gasteiger partial charge in [-0.3, -0.25) is 0 Å². The molecule has 0 saturated carbocycles. The second-order valence-electron chi connectivity index (χ2n) is 4.86. The Morgan fingerprint density at radius 1 is 1.32 bits per heavy atom. The molecule has 0 radical (unpaired) electrons. The number of anilines is 1. The van der Waals surface area contributed by atoms with Gasteiger partial charge in [-0.25, -0.2) is 0 Å². The van der Waals surface area contributed by atoms with Crippen LogP contribution in [0.1, 0.15) is 38.9 Å². The molecule has 0 heterocycles. The standard InChI is InChI=1S/C15H25NO3/c1-5-11(2)16(8-9-19-4)13-6-7-14(12(3)17)15(18)10-13/h6-7,10-12,17-18H,5,8-9H2,1-4H3. The Hall–Kier alpha value is -1.26. The van der Waals surface area contributed by atoms with Gasteiger partial charge in [0.05, 0.1) is 12.7 Å². The maximum Gasteiger partial charge on any atom is 0.123 e. The number of hydrogen-bond donors (Lipinski definition) is 2. The van der Waals surface area contributed by atoms with Gasteiger partial charge in [0.2, 0.25) is 0 Å². The van der Waals surface area contributed by atoms with Crippen LogP contribution in [0.25, 0.3) is 0 Å². The summed E-state index contributed by atoms with van der Waals surface area (Å²) in [6, 6.07) is 5.79. The lowest BCUT2D eigenvalue weighted by molar-refractivity contribution is 0.195. The number of benzene rings is 1. The zero-order valence-electron chi connectivity index (χ0n) is 12.3. The Balaban J connectivity index is 2.99. The highest BCUT2D eigenvalue weighted by atomic mass is 16.5. The van der Waals surface area contributed by atoms with Crippen LogP contribution in [0.5, 0.6) is 5.75 Å². The molecule has 2 atom stereocenters. The molecular formula is C15H25NO3. The quantitative estimate of drug-likeness (QED) is 0.797. The van der Waals surface area contributed by atoms with Gasteiger partial charge in [0.25, 0.3) is 0 Å². The van der Waals surface area contributed by atoms with Crippen molar-refractivity contribution >= 4 is 5.69 Å². The first-order valence-corrected chi connectivity index (χ1v) is 6.77. The molecule has 0 aromatic heterocycles. The van der Waals surface area contributed by atoms with Crippen LogP contribution < -0.4 is 4.90 Å². The first-order chi connectivity index (χ1) is 9.01. The van der Waals surface area contributed by atoms with E-state index in [0.717, 1.165) is 18.7 Å². The molecule has 2 N–H and O–H groups in total. The molecule has 1 aromatic carbocycles. The zero-order valence-corrected chi connectivity index (χ0v) is 12.3. The summed E-state index contributed by atoms with van der Waals surface area (Å²) in [7, 11) is 1.68. The maximum absolute atomic E-state index is 9.97. The molecule has 0 aliphatic heterocycles. The van der Waals surface area contributed by atoms with Crippen LogP contribution in [-0.4, -0.2) is 36.5 Å².